The van der Waals surface area contributed by atoms with E-state index in [0.717, 1.165) is 5.69 Å². The second-order valence-corrected chi connectivity index (χ2v) is 4.70. The Morgan fingerprint density at radius 2 is 2.05 bits per heavy atom. The van der Waals surface area contributed by atoms with Crippen molar-refractivity contribution in [1.82, 2.24) is 19.7 Å². The lowest BCUT2D eigenvalue weighted by atomic mass is 10.3. The predicted molar refractivity (Wildman–Crippen MR) is 72.1 cm³/mol. The van der Waals surface area contributed by atoms with Crippen LogP contribution in [-0.2, 0) is 0 Å². The third-order valence-corrected chi connectivity index (χ3v) is 2.59. The average molecular weight is 259 g/mol. The molecule has 0 aliphatic rings. The Labute approximate surface area is 111 Å². The molecule has 0 saturated heterocycles. The number of nitrogens with zero attached hydrogens (tertiary/aromatic N) is 4. The number of carbonyl (C=O) groups excluding carboxylic acids is 1. The minimum Gasteiger partial charge on any atom is -0.318 e. The molecular weight excluding hydrogens is 242 g/mol. The van der Waals surface area contributed by atoms with Gasteiger partial charge in [0.2, 0.25) is 0 Å². The second-order valence-electron chi connectivity index (χ2n) is 4.70. The van der Waals surface area contributed by atoms with Crippen LogP contribution >= 0.6 is 0 Å². The van der Waals surface area contributed by atoms with Crippen molar-refractivity contribution in [2.45, 2.75) is 33.7 Å². The topological polar surface area (TPSA) is 72.7 Å². The first-order chi connectivity index (χ1) is 8.95. The van der Waals surface area contributed by atoms with E-state index in [2.05, 4.69) is 20.4 Å². The molecule has 0 unspecified atom stereocenters. The molecule has 2 rings (SSSR count). The maximum atomic E-state index is 12.1. The maximum Gasteiger partial charge on any atom is 0.274 e. The molecule has 2 heterocycles. The van der Waals surface area contributed by atoms with Gasteiger partial charge < -0.3 is 5.32 Å². The van der Waals surface area contributed by atoms with Crippen LogP contribution in [0.4, 0.5) is 5.69 Å². The zero-order valence-corrected chi connectivity index (χ0v) is 11.5. The average Bonchev–Trinajstić information content (AvgIpc) is 2.76. The number of aromatic nitrogens is 4. The van der Waals surface area contributed by atoms with Gasteiger partial charge in [0, 0.05) is 17.9 Å². The fourth-order valence-electron chi connectivity index (χ4n) is 1.71. The van der Waals surface area contributed by atoms with Gasteiger partial charge in [0.15, 0.2) is 0 Å². The van der Waals surface area contributed by atoms with Crippen molar-refractivity contribution >= 4 is 11.6 Å². The molecular formula is C13H17N5O. The molecule has 100 valence electrons. The SMILES string of the molecule is Cc1cc(C(=O)Nc2cnn(C(C)C)c2)nc(C)n1. The first-order valence-corrected chi connectivity index (χ1v) is 6.13. The molecule has 0 saturated carbocycles. The van der Waals surface area contributed by atoms with Gasteiger partial charge in [-0.15, -0.1) is 0 Å². The Balaban J connectivity index is 2.15. The Morgan fingerprint density at radius 3 is 2.63 bits per heavy atom. The summed E-state index contributed by atoms with van der Waals surface area (Å²) in [6.07, 6.45) is 3.42. The van der Waals surface area contributed by atoms with Crippen LogP contribution in [-0.4, -0.2) is 25.7 Å². The molecule has 0 aliphatic carbocycles. The Kier molecular flexibility index (Phi) is 3.59. The van der Waals surface area contributed by atoms with E-state index in [9.17, 15) is 4.79 Å². The standard InChI is InChI=1S/C13H17N5O/c1-8(2)18-7-11(6-14-18)17-13(19)12-5-9(3)15-10(4)16-12/h5-8H,1-4H3,(H,17,19). The van der Waals surface area contributed by atoms with Crippen LogP contribution in [0.15, 0.2) is 18.5 Å². The Morgan fingerprint density at radius 1 is 1.32 bits per heavy atom. The van der Waals surface area contributed by atoms with Crippen LogP contribution in [0.5, 0.6) is 0 Å². The van der Waals surface area contributed by atoms with Gasteiger partial charge in [0.1, 0.15) is 11.5 Å². The summed E-state index contributed by atoms with van der Waals surface area (Å²) in [7, 11) is 0. The van der Waals surface area contributed by atoms with Gasteiger partial charge in [0.25, 0.3) is 5.91 Å². The van der Waals surface area contributed by atoms with Gasteiger partial charge in [0.05, 0.1) is 11.9 Å². The van der Waals surface area contributed by atoms with Crippen molar-refractivity contribution in [3.63, 3.8) is 0 Å². The van der Waals surface area contributed by atoms with Crippen LogP contribution in [0.3, 0.4) is 0 Å². The summed E-state index contributed by atoms with van der Waals surface area (Å²) in [6, 6.07) is 1.92. The zero-order chi connectivity index (χ0) is 14.0. The van der Waals surface area contributed by atoms with Gasteiger partial charge in [-0.1, -0.05) is 0 Å². The van der Waals surface area contributed by atoms with Gasteiger partial charge in [-0.2, -0.15) is 5.10 Å². The number of aryl methyl sites for hydroxylation is 2. The summed E-state index contributed by atoms with van der Waals surface area (Å²) < 4.78 is 1.78. The summed E-state index contributed by atoms with van der Waals surface area (Å²) in [5.41, 5.74) is 1.80. The molecule has 2 aromatic rings. The first kappa shape index (κ1) is 13.2. The van der Waals surface area contributed by atoms with Crippen LogP contribution in [0, 0.1) is 13.8 Å². The van der Waals surface area contributed by atoms with E-state index in [4.69, 9.17) is 0 Å². The molecule has 0 fully saturated rings. The second kappa shape index (κ2) is 5.17. The number of amides is 1. The zero-order valence-electron chi connectivity index (χ0n) is 11.5. The molecule has 1 N–H and O–H groups in total. The van der Waals surface area contributed by atoms with Crippen molar-refractivity contribution in [3.8, 4) is 0 Å². The predicted octanol–water partition coefficient (Wildman–Crippen LogP) is 2.12. The van der Waals surface area contributed by atoms with Crippen molar-refractivity contribution in [2.75, 3.05) is 5.32 Å². The molecule has 0 aliphatic heterocycles. The molecule has 0 radical (unpaired) electrons. The molecule has 1 amide bonds. The summed E-state index contributed by atoms with van der Waals surface area (Å²) in [5.74, 6) is 0.333. The Hall–Kier alpha value is -2.24. The Bertz CT molecular complexity index is 583. The minimum absolute atomic E-state index is 0.253. The smallest absolute Gasteiger partial charge is 0.274 e. The highest BCUT2D eigenvalue weighted by Crippen LogP contribution is 2.11. The summed E-state index contributed by atoms with van der Waals surface area (Å²) >= 11 is 0. The molecule has 2 aromatic heterocycles. The van der Waals surface area contributed by atoms with E-state index >= 15 is 0 Å². The van der Waals surface area contributed by atoms with Crippen LogP contribution < -0.4 is 5.32 Å². The highest BCUT2D eigenvalue weighted by Gasteiger charge is 2.11. The lowest BCUT2D eigenvalue weighted by molar-refractivity contribution is 0.102. The monoisotopic (exact) mass is 259 g/mol. The summed E-state index contributed by atoms with van der Waals surface area (Å²) in [4.78, 5) is 20.3. The lowest BCUT2D eigenvalue weighted by Crippen LogP contribution is -2.14. The largest absolute Gasteiger partial charge is 0.318 e. The van der Waals surface area contributed by atoms with Crippen molar-refractivity contribution in [2.24, 2.45) is 0 Å². The van der Waals surface area contributed by atoms with Crippen LogP contribution in [0.25, 0.3) is 0 Å². The number of nitrogens with one attached hydrogen (secondary N) is 1. The fraction of sp³-hybridized carbons (Fsp3) is 0.385. The van der Waals surface area contributed by atoms with Crippen LogP contribution in [0.1, 0.15) is 41.9 Å². The summed E-state index contributed by atoms with van der Waals surface area (Å²) in [5, 5.41) is 6.94. The lowest BCUT2D eigenvalue weighted by Gasteiger charge is -2.05. The maximum absolute atomic E-state index is 12.1. The fourth-order valence-corrected chi connectivity index (χ4v) is 1.71. The van der Waals surface area contributed by atoms with Crippen molar-refractivity contribution in [3.05, 3.63) is 35.7 Å². The number of hydrogen-bond donors (Lipinski definition) is 1. The molecule has 0 aromatic carbocycles. The number of hydrogen-bond acceptors (Lipinski definition) is 4. The molecule has 0 atom stereocenters. The molecule has 0 spiro atoms. The molecule has 6 heteroatoms. The van der Waals surface area contributed by atoms with E-state index in [1.807, 2.05) is 20.8 Å². The third kappa shape index (κ3) is 3.15. The highest BCUT2D eigenvalue weighted by molar-refractivity contribution is 6.02. The molecule has 6 nitrogen and oxygen atoms in total. The first-order valence-electron chi connectivity index (χ1n) is 6.13. The van der Waals surface area contributed by atoms with E-state index in [1.54, 1.807) is 30.1 Å². The van der Waals surface area contributed by atoms with Gasteiger partial charge in [-0.3, -0.25) is 9.48 Å². The molecule has 0 bridgehead atoms. The van der Waals surface area contributed by atoms with Gasteiger partial charge in [-0.25, -0.2) is 9.97 Å². The number of rotatable bonds is 3. The van der Waals surface area contributed by atoms with Crippen molar-refractivity contribution < 1.29 is 4.79 Å². The third-order valence-electron chi connectivity index (χ3n) is 2.59. The number of anilines is 1. The van der Waals surface area contributed by atoms with Crippen LogP contribution in [0.2, 0.25) is 0 Å². The van der Waals surface area contributed by atoms with Crippen molar-refractivity contribution in [1.29, 1.82) is 0 Å². The van der Waals surface area contributed by atoms with E-state index < -0.39 is 0 Å². The molecule has 19 heavy (non-hydrogen) atoms. The number of carbonyl (C=O) groups is 1. The summed E-state index contributed by atoms with van der Waals surface area (Å²) in [6.45, 7) is 7.65. The van der Waals surface area contributed by atoms with Gasteiger partial charge >= 0.3 is 0 Å². The van der Waals surface area contributed by atoms with E-state index in [-0.39, 0.29) is 11.9 Å². The highest BCUT2D eigenvalue weighted by atomic mass is 16.1. The minimum atomic E-state index is -0.253. The normalized spacial score (nSPS) is 10.8. The van der Waals surface area contributed by atoms with E-state index in [0.29, 0.717) is 17.2 Å². The van der Waals surface area contributed by atoms with Gasteiger partial charge in [-0.05, 0) is 33.8 Å². The van der Waals surface area contributed by atoms with E-state index in [1.165, 1.54) is 0 Å². The quantitative estimate of drug-likeness (QED) is 0.916.